The fourth-order valence-electron chi connectivity index (χ4n) is 4.61. The first-order valence-electron chi connectivity index (χ1n) is 10.9. The summed E-state index contributed by atoms with van der Waals surface area (Å²) >= 11 is 0. The summed E-state index contributed by atoms with van der Waals surface area (Å²) in [6.45, 7) is 5.55. The van der Waals surface area contributed by atoms with Crippen LogP contribution >= 0.6 is 0 Å². The van der Waals surface area contributed by atoms with E-state index in [9.17, 15) is 13.2 Å². The molecule has 4 rings (SSSR count). The van der Waals surface area contributed by atoms with Crippen molar-refractivity contribution in [3.8, 4) is 5.75 Å². The number of sulfonamides is 1. The van der Waals surface area contributed by atoms with Crippen LogP contribution in [0.15, 0.2) is 35.2 Å². The highest BCUT2D eigenvalue weighted by atomic mass is 32.2. The first-order valence-corrected chi connectivity index (χ1v) is 12.4. The molecule has 0 atom stereocenters. The maximum Gasteiger partial charge on any atom is 0.258 e. The number of hydrogen-bond donors (Lipinski definition) is 0. The number of benzene rings is 2. The number of nitrogens with zero attached hydrogens (tertiary/aromatic N) is 2. The maximum atomic E-state index is 13.7. The van der Waals surface area contributed by atoms with E-state index in [1.165, 1.54) is 4.31 Å². The summed E-state index contributed by atoms with van der Waals surface area (Å²) in [5.74, 6) is 0.487. The van der Waals surface area contributed by atoms with Crippen LogP contribution in [0.1, 0.15) is 52.7 Å². The largest absolute Gasteiger partial charge is 0.495 e. The molecule has 0 unspecified atom stereocenters. The third-order valence-electron chi connectivity index (χ3n) is 6.42. The minimum atomic E-state index is -3.61. The Morgan fingerprint density at radius 1 is 0.935 bits per heavy atom. The zero-order valence-corrected chi connectivity index (χ0v) is 19.3. The van der Waals surface area contributed by atoms with Crippen LogP contribution in [0.4, 0.5) is 5.69 Å². The summed E-state index contributed by atoms with van der Waals surface area (Å²) in [5, 5.41) is 0. The van der Waals surface area contributed by atoms with E-state index < -0.39 is 10.0 Å². The second-order valence-electron chi connectivity index (χ2n) is 8.41. The molecule has 0 bridgehead atoms. The standard InChI is InChI=1S/C24H30N2O4S/c1-17-10-12-22(30-3)23-20(17)8-7-15-26(23)24(27)21-16-19(11-9-18(21)2)31(28,29)25-13-5-4-6-14-25/h9-12,16H,4-8,13-15H2,1-3H3. The van der Waals surface area contributed by atoms with E-state index in [0.717, 1.165) is 54.5 Å². The van der Waals surface area contributed by atoms with Crippen molar-refractivity contribution in [1.29, 1.82) is 0 Å². The molecular formula is C24H30N2O4S. The van der Waals surface area contributed by atoms with Crippen LogP contribution in [0.5, 0.6) is 5.75 Å². The molecule has 166 valence electrons. The minimum absolute atomic E-state index is 0.182. The number of hydrogen-bond acceptors (Lipinski definition) is 4. The van der Waals surface area contributed by atoms with Crippen molar-refractivity contribution >= 4 is 21.6 Å². The predicted octanol–water partition coefficient (Wildman–Crippen LogP) is 4.08. The summed E-state index contributed by atoms with van der Waals surface area (Å²) < 4.78 is 33.5. The Kier molecular flexibility index (Phi) is 6.08. The summed E-state index contributed by atoms with van der Waals surface area (Å²) in [4.78, 5) is 15.6. The van der Waals surface area contributed by atoms with E-state index in [2.05, 4.69) is 0 Å². The second-order valence-corrected chi connectivity index (χ2v) is 10.4. The van der Waals surface area contributed by atoms with Crippen LogP contribution in [-0.4, -0.2) is 45.4 Å². The number of methoxy groups -OCH3 is 1. The predicted molar refractivity (Wildman–Crippen MR) is 122 cm³/mol. The molecule has 2 aliphatic heterocycles. The SMILES string of the molecule is COc1ccc(C)c2c1N(C(=O)c1cc(S(=O)(=O)N3CCCCC3)ccc1C)CCC2. The molecule has 0 N–H and O–H groups in total. The third kappa shape index (κ3) is 3.96. The highest BCUT2D eigenvalue weighted by molar-refractivity contribution is 7.89. The molecule has 31 heavy (non-hydrogen) atoms. The van der Waals surface area contributed by atoms with Crippen LogP contribution < -0.4 is 9.64 Å². The molecule has 1 amide bonds. The van der Waals surface area contributed by atoms with Gasteiger partial charge in [-0.25, -0.2) is 8.42 Å². The lowest BCUT2D eigenvalue weighted by Gasteiger charge is -2.32. The molecule has 0 radical (unpaired) electrons. The molecule has 0 spiro atoms. The van der Waals surface area contributed by atoms with Crippen molar-refractivity contribution < 1.29 is 17.9 Å². The molecule has 7 heteroatoms. The average molecular weight is 443 g/mol. The lowest BCUT2D eigenvalue weighted by Crippen LogP contribution is -2.37. The van der Waals surface area contributed by atoms with E-state index in [1.807, 2.05) is 26.0 Å². The second kappa shape index (κ2) is 8.63. The van der Waals surface area contributed by atoms with Gasteiger partial charge in [-0.1, -0.05) is 18.6 Å². The lowest BCUT2D eigenvalue weighted by molar-refractivity contribution is 0.0983. The molecule has 1 saturated heterocycles. The van der Waals surface area contributed by atoms with E-state index in [4.69, 9.17) is 4.74 Å². The highest BCUT2D eigenvalue weighted by Gasteiger charge is 2.31. The Labute approximate surface area is 184 Å². The molecule has 6 nitrogen and oxygen atoms in total. The fraction of sp³-hybridized carbons (Fsp3) is 0.458. The number of aryl methyl sites for hydroxylation is 2. The van der Waals surface area contributed by atoms with Gasteiger partial charge >= 0.3 is 0 Å². The van der Waals surface area contributed by atoms with Gasteiger partial charge in [-0.2, -0.15) is 4.31 Å². The van der Waals surface area contributed by atoms with Crippen molar-refractivity contribution in [2.45, 2.75) is 50.8 Å². The van der Waals surface area contributed by atoms with Crippen molar-refractivity contribution in [3.05, 3.63) is 52.6 Å². The molecular weight excluding hydrogens is 412 g/mol. The first kappa shape index (κ1) is 21.8. The van der Waals surface area contributed by atoms with Crippen LogP contribution in [0.25, 0.3) is 0 Å². The zero-order chi connectivity index (χ0) is 22.2. The normalized spacial score (nSPS) is 17.3. The van der Waals surface area contributed by atoms with Crippen LogP contribution in [-0.2, 0) is 16.4 Å². The number of anilines is 1. The van der Waals surface area contributed by atoms with Gasteiger partial charge in [0.15, 0.2) is 0 Å². The van der Waals surface area contributed by atoms with Gasteiger partial charge in [0.2, 0.25) is 10.0 Å². The number of fused-ring (bicyclic) bond motifs is 1. The number of ether oxygens (including phenoxy) is 1. The van der Waals surface area contributed by atoms with Gasteiger partial charge in [0.05, 0.1) is 17.7 Å². The smallest absolute Gasteiger partial charge is 0.258 e. The quantitative estimate of drug-likeness (QED) is 0.716. The number of piperidine rings is 1. The Balaban J connectivity index is 1.74. The fourth-order valence-corrected chi connectivity index (χ4v) is 6.16. The molecule has 2 aliphatic rings. The summed E-state index contributed by atoms with van der Waals surface area (Å²) in [6.07, 6.45) is 4.56. The van der Waals surface area contributed by atoms with Crippen LogP contribution in [0.3, 0.4) is 0 Å². The molecule has 2 heterocycles. The number of carbonyl (C=O) groups excluding carboxylic acids is 1. The molecule has 0 aliphatic carbocycles. The van der Waals surface area contributed by atoms with E-state index in [-0.39, 0.29) is 10.8 Å². The summed E-state index contributed by atoms with van der Waals surface area (Å²) in [5.41, 5.74) is 4.25. The maximum absolute atomic E-state index is 13.7. The van der Waals surface area contributed by atoms with Gasteiger partial charge in [0, 0.05) is 25.2 Å². The topological polar surface area (TPSA) is 66.9 Å². The highest BCUT2D eigenvalue weighted by Crippen LogP contribution is 2.39. The van der Waals surface area contributed by atoms with E-state index in [0.29, 0.717) is 30.9 Å². The van der Waals surface area contributed by atoms with Gasteiger partial charge in [-0.3, -0.25) is 4.79 Å². The van der Waals surface area contributed by atoms with Gasteiger partial charge < -0.3 is 9.64 Å². The Morgan fingerprint density at radius 3 is 2.35 bits per heavy atom. The van der Waals surface area contributed by atoms with E-state index >= 15 is 0 Å². The molecule has 0 saturated carbocycles. The van der Waals surface area contributed by atoms with Crippen LogP contribution in [0.2, 0.25) is 0 Å². The zero-order valence-electron chi connectivity index (χ0n) is 18.5. The molecule has 1 fully saturated rings. The van der Waals surface area contributed by atoms with Crippen molar-refractivity contribution in [3.63, 3.8) is 0 Å². The van der Waals surface area contributed by atoms with Crippen LogP contribution in [0, 0.1) is 13.8 Å². The van der Waals surface area contributed by atoms with E-state index in [1.54, 1.807) is 30.2 Å². The van der Waals surface area contributed by atoms with Gasteiger partial charge in [0.1, 0.15) is 5.75 Å². The average Bonchev–Trinajstić information content (AvgIpc) is 2.79. The number of amides is 1. The Morgan fingerprint density at radius 2 is 1.65 bits per heavy atom. The van der Waals surface area contributed by atoms with Crippen molar-refractivity contribution in [1.82, 2.24) is 4.31 Å². The van der Waals surface area contributed by atoms with Gasteiger partial charge in [0.25, 0.3) is 5.91 Å². The Bertz CT molecular complexity index is 1100. The summed E-state index contributed by atoms with van der Waals surface area (Å²) in [7, 11) is -2.00. The minimum Gasteiger partial charge on any atom is -0.495 e. The van der Waals surface area contributed by atoms with Gasteiger partial charge in [-0.15, -0.1) is 0 Å². The number of rotatable bonds is 4. The number of carbonyl (C=O) groups is 1. The monoisotopic (exact) mass is 442 g/mol. The van der Waals surface area contributed by atoms with Crippen molar-refractivity contribution in [2.75, 3.05) is 31.6 Å². The molecule has 2 aromatic rings. The lowest BCUT2D eigenvalue weighted by atomic mass is 9.95. The third-order valence-corrected chi connectivity index (χ3v) is 8.31. The van der Waals surface area contributed by atoms with Crippen molar-refractivity contribution in [2.24, 2.45) is 0 Å². The summed E-state index contributed by atoms with van der Waals surface area (Å²) in [6, 6.07) is 8.82. The first-order chi connectivity index (χ1) is 14.8. The molecule has 0 aromatic heterocycles. The molecule has 2 aromatic carbocycles. The van der Waals surface area contributed by atoms with Gasteiger partial charge in [-0.05, 0) is 74.4 Å². The Hall–Kier alpha value is -2.38.